The van der Waals surface area contributed by atoms with Crippen LogP contribution in [0.3, 0.4) is 0 Å². The van der Waals surface area contributed by atoms with Crippen LogP contribution in [0.25, 0.3) is 87.6 Å². The minimum absolute atomic E-state index is 0.347. The molecule has 0 saturated carbocycles. The molecule has 4 aliphatic rings. The Bertz CT molecular complexity index is 5170. The molecule has 0 aliphatic heterocycles. The Hall–Kier alpha value is -11.0. The maximum atomic E-state index is 14.5. The van der Waals surface area contributed by atoms with E-state index >= 15 is 0 Å². The molecule has 0 radical (unpaired) electrons. The first-order chi connectivity index (χ1) is 43.8. The molecule has 2 nitrogen and oxygen atoms in total. The average molecular weight is 1180 g/mol. The predicted octanol–water partition coefficient (Wildman–Crippen LogP) is 23.1. The van der Waals surface area contributed by atoms with Crippen LogP contribution in [0.4, 0.5) is 49.1 Å². The first-order valence-corrected chi connectivity index (χ1v) is 30.0. The third kappa shape index (κ3) is 9.63. The van der Waals surface area contributed by atoms with Crippen LogP contribution in [0.5, 0.6) is 0 Å². The Morgan fingerprint density at radius 1 is 0.333 bits per heavy atom. The van der Waals surface area contributed by atoms with E-state index in [1.54, 1.807) is 24.3 Å². The summed E-state index contributed by atoms with van der Waals surface area (Å²) in [7, 11) is 0. The molecule has 2 unspecified atom stereocenters. The highest BCUT2D eigenvalue weighted by atomic mass is 19.4. The van der Waals surface area contributed by atoms with E-state index in [2.05, 4.69) is 216 Å². The van der Waals surface area contributed by atoms with Crippen LogP contribution in [-0.2, 0) is 12.4 Å². The third-order valence-corrected chi connectivity index (χ3v) is 18.2. The number of fused-ring (bicyclic) bond motifs is 4. The highest BCUT2D eigenvalue weighted by molar-refractivity contribution is 5.98. The lowest BCUT2D eigenvalue weighted by molar-refractivity contribution is -0.138. The second kappa shape index (κ2) is 21.4. The summed E-state index contributed by atoms with van der Waals surface area (Å²) in [5, 5.41) is 8.68. The molecule has 12 aromatic rings. The Morgan fingerprint density at radius 3 is 1.26 bits per heavy atom. The highest BCUT2D eigenvalue weighted by Crippen LogP contribution is 2.54. The molecule has 2 atom stereocenters. The van der Waals surface area contributed by atoms with Crippen molar-refractivity contribution >= 4 is 65.8 Å². The monoisotopic (exact) mass is 1180 g/mol. The third-order valence-electron chi connectivity index (χ3n) is 18.2. The van der Waals surface area contributed by atoms with Crippen molar-refractivity contribution in [3.05, 3.63) is 348 Å². The largest absolute Gasteiger partial charge is 0.416 e. The topological polar surface area (TPSA) is 6.48 Å². The maximum Gasteiger partial charge on any atom is 0.416 e. The van der Waals surface area contributed by atoms with Crippen LogP contribution in [0.15, 0.2) is 337 Å². The summed E-state index contributed by atoms with van der Waals surface area (Å²) in [5.74, 6) is -0.347. The van der Waals surface area contributed by atoms with Crippen LogP contribution >= 0.6 is 0 Å². The van der Waals surface area contributed by atoms with Crippen molar-refractivity contribution in [2.75, 3.05) is 9.80 Å². The van der Waals surface area contributed by atoms with Gasteiger partial charge in [-0.25, -0.2) is 0 Å². The molecule has 0 saturated heterocycles. The molecule has 0 heterocycles. The number of alkyl halides is 6. The van der Waals surface area contributed by atoms with Crippen molar-refractivity contribution in [3.63, 3.8) is 0 Å². The van der Waals surface area contributed by atoms with Crippen molar-refractivity contribution in [3.8, 4) is 44.5 Å². The lowest BCUT2D eigenvalue weighted by atomic mass is 9.67. The van der Waals surface area contributed by atoms with Crippen LogP contribution in [0, 0.1) is 5.92 Å². The summed E-state index contributed by atoms with van der Waals surface area (Å²) < 4.78 is 87.2. The molecule has 432 valence electrons. The van der Waals surface area contributed by atoms with Crippen molar-refractivity contribution in [2.24, 2.45) is 5.92 Å². The molecule has 0 aromatic heterocycles. The lowest BCUT2D eigenvalue weighted by Gasteiger charge is -2.44. The number of hydrogen-bond donors (Lipinski definition) is 0. The number of nitrogens with zero attached hydrogens (tertiary/aromatic N) is 2. The molecule has 0 spiro atoms. The van der Waals surface area contributed by atoms with Gasteiger partial charge in [0, 0.05) is 34.1 Å². The molecule has 12 aromatic carbocycles. The maximum absolute atomic E-state index is 14.5. The zero-order valence-corrected chi connectivity index (χ0v) is 48.2. The molecule has 4 aliphatic carbocycles. The fourth-order valence-corrected chi connectivity index (χ4v) is 13.7. The van der Waals surface area contributed by atoms with Gasteiger partial charge in [0.25, 0.3) is 0 Å². The van der Waals surface area contributed by atoms with E-state index in [0.717, 1.165) is 157 Å². The van der Waals surface area contributed by atoms with Crippen molar-refractivity contribution < 1.29 is 26.3 Å². The van der Waals surface area contributed by atoms with E-state index in [1.807, 2.05) is 48.5 Å². The summed E-state index contributed by atoms with van der Waals surface area (Å²) >= 11 is 0. The van der Waals surface area contributed by atoms with E-state index < -0.39 is 29.5 Å². The molecular weight excluding hydrogens is 1130 g/mol. The molecule has 16 rings (SSSR count). The molecule has 0 bridgehead atoms. The summed E-state index contributed by atoms with van der Waals surface area (Å²) in [4.78, 5) is 4.27. The minimum Gasteiger partial charge on any atom is -0.330 e. The van der Waals surface area contributed by atoms with Gasteiger partial charge in [0.1, 0.15) is 0 Å². The van der Waals surface area contributed by atoms with E-state index in [0.29, 0.717) is 11.4 Å². The molecule has 90 heavy (non-hydrogen) atoms. The second-order valence-corrected chi connectivity index (χ2v) is 23.4. The van der Waals surface area contributed by atoms with Gasteiger partial charge in [-0.15, -0.1) is 0 Å². The fraction of sp³-hybridized carbons (Fsp3) is 0.0488. The number of benzene rings is 12. The van der Waals surface area contributed by atoms with Crippen LogP contribution in [0.2, 0.25) is 0 Å². The van der Waals surface area contributed by atoms with E-state index in [-0.39, 0.29) is 5.92 Å². The molecule has 8 heteroatoms. The van der Waals surface area contributed by atoms with Gasteiger partial charge in [-0.1, -0.05) is 200 Å². The zero-order chi connectivity index (χ0) is 60.8. The van der Waals surface area contributed by atoms with Crippen LogP contribution < -0.4 is 9.80 Å². The van der Waals surface area contributed by atoms with Gasteiger partial charge < -0.3 is 9.80 Å². The molecule has 0 N–H and O–H groups in total. The summed E-state index contributed by atoms with van der Waals surface area (Å²) in [6, 6.07) is 81.7. The Kier molecular flexibility index (Phi) is 13.0. The summed E-state index contributed by atoms with van der Waals surface area (Å²) in [5.41, 5.74) is 14.5. The zero-order valence-electron chi connectivity index (χ0n) is 48.2. The van der Waals surface area contributed by atoms with Crippen LogP contribution in [0.1, 0.15) is 11.1 Å². The number of halogens is 6. The number of anilines is 4. The highest BCUT2D eigenvalue weighted by Gasteiger charge is 2.41. The van der Waals surface area contributed by atoms with Gasteiger partial charge in [0.05, 0.1) is 28.6 Å². The van der Waals surface area contributed by atoms with Gasteiger partial charge >= 0.3 is 12.4 Å². The second-order valence-electron chi connectivity index (χ2n) is 23.4. The Morgan fingerprint density at radius 2 is 0.756 bits per heavy atom. The quantitative estimate of drug-likeness (QED) is 0.126. The van der Waals surface area contributed by atoms with Gasteiger partial charge in [0.2, 0.25) is 0 Å². The first kappa shape index (κ1) is 54.4. The minimum atomic E-state index is -4.57. The van der Waals surface area contributed by atoms with Gasteiger partial charge in [0.15, 0.2) is 0 Å². The summed E-state index contributed by atoms with van der Waals surface area (Å²) in [6.07, 6.45) is 7.85. The fourth-order valence-electron chi connectivity index (χ4n) is 13.7. The van der Waals surface area contributed by atoms with E-state index in [9.17, 15) is 26.3 Å². The lowest BCUT2D eigenvalue weighted by Crippen LogP contribution is -2.37. The summed E-state index contributed by atoms with van der Waals surface area (Å²) in [6.45, 7) is 0. The number of allylic oxidation sites excluding steroid dienone is 10. The Balaban J connectivity index is 0.870. The first-order valence-electron chi connectivity index (χ1n) is 30.0. The average Bonchev–Trinajstić information content (AvgIpc) is 0.728. The molecule has 0 fully saturated rings. The van der Waals surface area contributed by atoms with Crippen LogP contribution in [-0.4, -0.2) is 6.04 Å². The van der Waals surface area contributed by atoms with Gasteiger partial charge in [-0.05, 0) is 207 Å². The number of hydrogen-bond acceptors (Lipinski definition) is 2. The van der Waals surface area contributed by atoms with Gasteiger partial charge in [-0.2, -0.15) is 26.3 Å². The van der Waals surface area contributed by atoms with Crippen molar-refractivity contribution in [1.29, 1.82) is 0 Å². The van der Waals surface area contributed by atoms with E-state index in [1.165, 1.54) is 0 Å². The smallest absolute Gasteiger partial charge is 0.330 e. The van der Waals surface area contributed by atoms with E-state index in [4.69, 9.17) is 0 Å². The molecule has 0 amide bonds. The number of rotatable bonds is 10. The SMILES string of the molecule is FC(F)(F)c1ccc(N(C2=C3C=CC4=C5C(=CC=C(C=C2)C35)C(N(c2ccc(C(F)(F)F)cc2)c2ccc(-c3ccc5ccccc5c3)cc2-c2ccc3ccccc3c2)C=C4)c2ccc(-c3ccc4ccccc4c3)cc2-c2ccc3ccccc3c2)cc1. The predicted molar refractivity (Wildman–Crippen MR) is 357 cm³/mol. The van der Waals surface area contributed by atoms with Crippen molar-refractivity contribution in [2.45, 2.75) is 18.4 Å². The molecular formula is C82H52F6N2. The van der Waals surface area contributed by atoms with Gasteiger partial charge in [-0.3, -0.25) is 0 Å². The Labute approximate surface area is 516 Å². The van der Waals surface area contributed by atoms with Crippen molar-refractivity contribution in [1.82, 2.24) is 0 Å². The normalized spacial score (nSPS) is 16.0. The standard InChI is InChI=1S/C82H52F6N2/c83-81(84,85)67-31-35-69(36-32-67)89(77-43-29-63(61-21-17-51-9-1-5-13-57(51)45-61)49-73(77)65-23-19-53-11-3-7-15-59(53)47-65)75-41-27-55-26-40-72-76(42-28-56-25-39-71(75)79(55)80(56)72)90(70-37-33-68(34-38-70)82(86,87)88)78-44-30-64(62-22-18-52-10-2-6-14-58(52)46-62)50-74(78)66-24-20-54-12-4-8-16-60(54)48-66/h1-50,75,80H.